The third kappa shape index (κ3) is 4.27. The summed E-state index contributed by atoms with van der Waals surface area (Å²) >= 11 is 2.88. The molecule has 1 aliphatic heterocycles. The van der Waals surface area contributed by atoms with Crippen molar-refractivity contribution >= 4 is 39.8 Å². The van der Waals surface area contributed by atoms with E-state index in [9.17, 15) is 4.79 Å². The Kier molecular flexibility index (Phi) is 5.30. The van der Waals surface area contributed by atoms with E-state index in [1.165, 1.54) is 41.5 Å². The highest BCUT2D eigenvalue weighted by molar-refractivity contribution is 8.01. The van der Waals surface area contributed by atoms with Crippen LogP contribution in [0, 0.1) is 6.92 Å². The van der Waals surface area contributed by atoms with Crippen LogP contribution in [0.3, 0.4) is 0 Å². The van der Waals surface area contributed by atoms with Crippen molar-refractivity contribution in [1.29, 1.82) is 0 Å². The minimum absolute atomic E-state index is 0.0737. The van der Waals surface area contributed by atoms with Crippen molar-refractivity contribution in [1.82, 2.24) is 15.2 Å². The van der Waals surface area contributed by atoms with Gasteiger partial charge in [0, 0.05) is 12.5 Å². The van der Waals surface area contributed by atoms with E-state index in [0.29, 0.717) is 12.5 Å². The average Bonchev–Trinajstić information content (AvgIpc) is 3.17. The molecule has 2 aliphatic rings. The molecule has 0 spiro atoms. The maximum absolute atomic E-state index is 13.0. The van der Waals surface area contributed by atoms with Crippen LogP contribution in [0.2, 0.25) is 0 Å². The zero-order valence-electron chi connectivity index (χ0n) is 16.4. The molecule has 9 heteroatoms. The second kappa shape index (κ2) is 8.23. The summed E-state index contributed by atoms with van der Waals surface area (Å²) in [6, 6.07) is 12.2. The molecule has 3 aromatic rings. The Morgan fingerprint density at radius 3 is 2.83 bits per heavy atom. The van der Waals surface area contributed by atoms with E-state index in [1.54, 1.807) is 11.3 Å². The Hall–Kier alpha value is -2.65. The Labute approximate surface area is 182 Å². The molecule has 1 fully saturated rings. The normalized spacial score (nSPS) is 18.5. The third-order valence-corrected chi connectivity index (χ3v) is 7.03. The number of nitrogens with one attached hydrogen (secondary N) is 1. The first-order chi connectivity index (χ1) is 14.7. The highest BCUT2D eigenvalue weighted by Crippen LogP contribution is 2.35. The monoisotopic (exact) mass is 439 g/mol. The number of benzene rings is 1. The minimum Gasteiger partial charge on any atom is -0.467 e. The second-order valence-electron chi connectivity index (χ2n) is 7.47. The van der Waals surface area contributed by atoms with E-state index >= 15 is 0 Å². The number of rotatable bonds is 7. The van der Waals surface area contributed by atoms with Gasteiger partial charge in [0.15, 0.2) is 4.34 Å². The Bertz CT molecular complexity index is 1060. The number of aromatic nitrogens is 2. The van der Waals surface area contributed by atoms with Gasteiger partial charge in [0.1, 0.15) is 11.8 Å². The van der Waals surface area contributed by atoms with Crippen molar-refractivity contribution in [3.63, 3.8) is 0 Å². The Morgan fingerprint density at radius 1 is 1.27 bits per heavy atom. The molecule has 0 radical (unpaired) electrons. The summed E-state index contributed by atoms with van der Waals surface area (Å²) in [6.07, 6.45) is 4.63. The van der Waals surface area contributed by atoms with Crippen molar-refractivity contribution in [2.45, 2.75) is 42.6 Å². The van der Waals surface area contributed by atoms with Gasteiger partial charge in [0.25, 0.3) is 5.91 Å². The minimum atomic E-state index is -0.231. The van der Waals surface area contributed by atoms with E-state index < -0.39 is 0 Å². The lowest BCUT2D eigenvalue weighted by Crippen LogP contribution is -2.28. The fourth-order valence-electron chi connectivity index (χ4n) is 3.28. The van der Waals surface area contributed by atoms with Crippen molar-refractivity contribution in [2.75, 3.05) is 11.1 Å². The molecule has 2 aromatic heterocycles. The molecule has 1 atom stereocenters. The van der Waals surface area contributed by atoms with Gasteiger partial charge in [-0.05, 0) is 37.5 Å². The van der Waals surface area contributed by atoms with Gasteiger partial charge in [0.05, 0.1) is 17.7 Å². The molecule has 1 unspecified atom stereocenters. The van der Waals surface area contributed by atoms with Crippen LogP contribution in [0.1, 0.15) is 42.2 Å². The van der Waals surface area contributed by atoms with Gasteiger partial charge in [-0.2, -0.15) is 5.10 Å². The largest absolute Gasteiger partial charge is 0.467 e. The lowest BCUT2D eigenvalue weighted by atomic mass is 10.0. The van der Waals surface area contributed by atoms with Crippen LogP contribution in [0.25, 0.3) is 0 Å². The topological polar surface area (TPSA) is 83.6 Å². The Morgan fingerprint density at radius 2 is 2.10 bits per heavy atom. The lowest BCUT2D eigenvalue weighted by Gasteiger charge is -2.19. The molecule has 0 saturated heterocycles. The first-order valence-electron chi connectivity index (χ1n) is 9.88. The zero-order valence-corrected chi connectivity index (χ0v) is 18.1. The maximum atomic E-state index is 13.0. The fourth-order valence-corrected chi connectivity index (χ4v) is 4.96. The average molecular weight is 440 g/mol. The smallest absolute Gasteiger partial charge is 0.253 e. The zero-order chi connectivity index (χ0) is 20.5. The molecule has 1 saturated carbocycles. The number of hydrazone groups is 1. The van der Waals surface area contributed by atoms with Crippen LogP contribution in [0.15, 0.2) is 56.5 Å². The molecule has 7 nitrogen and oxygen atoms in total. The molecular formula is C21H21N5O2S2. The van der Waals surface area contributed by atoms with Crippen molar-refractivity contribution in [3.05, 3.63) is 59.5 Å². The molecule has 0 bridgehead atoms. The van der Waals surface area contributed by atoms with Gasteiger partial charge >= 0.3 is 0 Å². The van der Waals surface area contributed by atoms with Crippen LogP contribution in [-0.4, -0.2) is 38.6 Å². The van der Waals surface area contributed by atoms with Crippen LogP contribution >= 0.6 is 23.1 Å². The molecular weight excluding hydrogens is 418 g/mol. The van der Waals surface area contributed by atoms with Crippen molar-refractivity contribution in [2.24, 2.45) is 5.10 Å². The fraction of sp³-hybridized carbons (Fsp3) is 0.333. The molecule has 3 heterocycles. The van der Waals surface area contributed by atoms with Gasteiger partial charge < -0.3 is 9.73 Å². The summed E-state index contributed by atoms with van der Waals surface area (Å²) in [6.45, 7) is 2.05. The van der Waals surface area contributed by atoms with Gasteiger partial charge in [-0.25, -0.2) is 5.01 Å². The number of thioether (sulfide) groups is 1. The van der Waals surface area contributed by atoms with E-state index in [-0.39, 0.29) is 17.7 Å². The number of hydrogen-bond acceptors (Lipinski definition) is 8. The molecule has 5 rings (SSSR count). The van der Waals surface area contributed by atoms with E-state index in [0.717, 1.165) is 26.5 Å². The van der Waals surface area contributed by atoms with Crippen molar-refractivity contribution in [3.8, 4) is 0 Å². The Balaban J connectivity index is 1.30. The first kappa shape index (κ1) is 19.3. The molecule has 1 amide bonds. The van der Waals surface area contributed by atoms with Gasteiger partial charge in [0.2, 0.25) is 5.13 Å². The van der Waals surface area contributed by atoms with Crippen LogP contribution < -0.4 is 5.32 Å². The maximum Gasteiger partial charge on any atom is 0.253 e. The lowest BCUT2D eigenvalue weighted by molar-refractivity contribution is -0.130. The highest BCUT2D eigenvalue weighted by Gasteiger charge is 2.35. The number of nitrogens with zero attached hydrogens (tertiary/aromatic N) is 4. The van der Waals surface area contributed by atoms with Crippen LogP contribution in [0.5, 0.6) is 0 Å². The second-order valence-corrected chi connectivity index (χ2v) is 9.67. The molecule has 1 N–H and O–H groups in total. The van der Waals surface area contributed by atoms with Gasteiger partial charge in [-0.3, -0.25) is 4.79 Å². The molecule has 30 heavy (non-hydrogen) atoms. The third-order valence-electron chi connectivity index (χ3n) is 5.05. The number of carbonyl (C=O) groups excluding carboxylic acids is 1. The number of aryl methyl sites for hydroxylation is 1. The number of amides is 1. The highest BCUT2D eigenvalue weighted by atomic mass is 32.2. The first-order valence-corrected chi connectivity index (χ1v) is 11.7. The molecule has 154 valence electrons. The number of anilines is 1. The predicted molar refractivity (Wildman–Crippen MR) is 118 cm³/mol. The summed E-state index contributed by atoms with van der Waals surface area (Å²) in [5.41, 5.74) is 3.11. The summed E-state index contributed by atoms with van der Waals surface area (Å²) in [5.74, 6) is 0.918. The van der Waals surface area contributed by atoms with E-state index in [1.807, 2.05) is 24.3 Å². The van der Waals surface area contributed by atoms with Crippen LogP contribution in [0.4, 0.5) is 5.13 Å². The number of hydrogen-bond donors (Lipinski definition) is 1. The van der Waals surface area contributed by atoms with Gasteiger partial charge in [-0.1, -0.05) is 52.9 Å². The number of carbonyl (C=O) groups is 1. The van der Waals surface area contributed by atoms with Gasteiger partial charge in [-0.15, -0.1) is 10.2 Å². The number of furan rings is 1. The quantitative estimate of drug-likeness (QED) is 0.547. The van der Waals surface area contributed by atoms with Crippen LogP contribution in [-0.2, 0) is 4.79 Å². The summed E-state index contributed by atoms with van der Waals surface area (Å²) in [5, 5.41) is 18.7. The summed E-state index contributed by atoms with van der Waals surface area (Å²) in [7, 11) is 0. The van der Waals surface area contributed by atoms with E-state index in [2.05, 4.69) is 39.7 Å². The standard InChI is InChI=1S/C21H21N5O2S2/c1-13-4-6-14(7-5-13)16-11-17(18-3-2-10-28-18)26(25-16)19(27)12-29-21-24-23-20(30-21)22-15-8-9-15/h2-7,10,15,17H,8-9,11-12H2,1H3,(H,22,23). The molecule has 1 aliphatic carbocycles. The summed E-state index contributed by atoms with van der Waals surface area (Å²) in [4.78, 5) is 13.0. The predicted octanol–water partition coefficient (Wildman–Crippen LogP) is 4.48. The SMILES string of the molecule is Cc1ccc(C2=NN(C(=O)CSc3nnc(NC4CC4)s3)C(c3ccco3)C2)cc1. The van der Waals surface area contributed by atoms with E-state index in [4.69, 9.17) is 4.42 Å². The molecule has 1 aromatic carbocycles. The van der Waals surface area contributed by atoms with Crippen molar-refractivity contribution < 1.29 is 9.21 Å². The summed E-state index contributed by atoms with van der Waals surface area (Å²) < 4.78 is 6.39.